The molecular formula is C16H25NO3. The van der Waals surface area contributed by atoms with Crippen LogP contribution in [0.2, 0.25) is 0 Å². The second-order valence-corrected chi connectivity index (χ2v) is 5.05. The summed E-state index contributed by atoms with van der Waals surface area (Å²) >= 11 is 0. The van der Waals surface area contributed by atoms with E-state index in [1.165, 1.54) is 7.11 Å². The minimum atomic E-state index is -1.15. The molecule has 0 fully saturated rings. The van der Waals surface area contributed by atoms with Gasteiger partial charge < -0.3 is 15.2 Å². The summed E-state index contributed by atoms with van der Waals surface area (Å²) in [5.41, 5.74) is 5.88. The molecule has 4 heteroatoms. The first-order chi connectivity index (χ1) is 9.54. The molecule has 112 valence electrons. The third-order valence-corrected chi connectivity index (χ3v) is 3.43. The van der Waals surface area contributed by atoms with E-state index in [2.05, 4.69) is 6.92 Å². The van der Waals surface area contributed by atoms with Crippen molar-refractivity contribution in [3.05, 3.63) is 35.9 Å². The van der Waals surface area contributed by atoms with E-state index in [1.54, 1.807) is 0 Å². The Morgan fingerprint density at radius 2 is 2.00 bits per heavy atom. The van der Waals surface area contributed by atoms with Gasteiger partial charge in [-0.1, -0.05) is 43.7 Å². The van der Waals surface area contributed by atoms with Crippen molar-refractivity contribution in [3.8, 4) is 0 Å². The average molecular weight is 279 g/mol. The van der Waals surface area contributed by atoms with Crippen molar-refractivity contribution in [1.29, 1.82) is 0 Å². The summed E-state index contributed by atoms with van der Waals surface area (Å²) in [7, 11) is 1.35. The molecule has 0 radical (unpaired) electrons. The van der Waals surface area contributed by atoms with E-state index < -0.39 is 11.5 Å². The fourth-order valence-corrected chi connectivity index (χ4v) is 2.19. The minimum absolute atomic E-state index is 0.178. The fraction of sp³-hybridized carbons (Fsp3) is 0.562. The Kier molecular flexibility index (Phi) is 6.68. The normalized spacial score (nSPS) is 15.4. The number of rotatable bonds is 8. The third-order valence-electron chi connectivity index (χ3n) is 3.43. The van der Waals surface area contributed by atoms with Crippen molar-refractivity contribution < 1.29 is 14.3 Å². The molecule has 0 aliphatic heterocycles. The van der Waals surface area contributed by atoms with Gasteiger partial charge in [0.2, 0.25) is 0 Å². The van der Waals surface area contributed by atoms with Gasteiger partial charge in [-0.05, 0) is 18.9 Å². The number of esters is 1. The number of nitrogens with two attached hydrogens (primary N) is 1. The zero-order valence-electron chi connectivity index (χ0n) is 12.6. The molecule has 2 atom stereocenters. The van der Waals surface area contributed by atoms with Crippen LogP contribution in [0.15, 0.2) is 30.3 Å². The summed E-state index contributed by atoms with van der Waals surface area (Å²) in [5, 5.41) is 0. The van der Waals surface area contributed by atoms with Crippen LogP contribution in [0.25, 0.3) is 0 Å². The molecule has 1 aromatic carbocycles. The molecule has 2 unspecified atom stereocenters. The lowest BCUT2D eigenvalue weighted by molar-refractivity contribution is -0.148. The molecule has 0 bridgehead atoms. The highest BCUT2D eigenvalue weighted by Crippen LogP contribution is 2.24. The maximum atomic E-state index is 12.0. The van der Waals surface area contributed by atoms with E-state index in [0.29, 0.717) is 13.0 Å². The van der Waals surface area contributed by atoms with Crippen molar-refractivity contribution in [2.75, 3.05) is 13.7 Å². The Labute approximate surface area is 121 Å². The van der Waals surface area contributed by atoms with Gasteiger partial charge in [0.15, 0.2) is 0 Å². The second-order valence-electron chi connectivity index (χ2n) is 5.05. The fourth-order valence-electron chi connectivity index (χ4n) is 2.19. The van der Waals surface area contributed by atoms with Crippen molar-refractivity contribution in [3.63, 3.8) is 0 Å². The van der Waals surface area contributed by atoms with Crippen LogP contribution in [0.5, 0.6) is 0 Å². The van der Waals surface area contributed by atoms with Crippen molar-refractivity contribution in [2.24, 2.45) is 5.73 Å². The van der Waals surface area contributed by atoms with E-state index in [1.807, 2.05) is 37.3 Å². The summed E-state index contributed by atoms with van der Waals surface area (Å²) in [6.45, 7) is 4.58. The van der Waals surface area contributed by atoms with Crippen LogP contribution in [0.3, 0.4) is 0 Å². The van der Waals surface area contributed by atoms with Gasteiger partial charge in [0, 0.05) is 13.0 Å². The molecule has 0 spiro atoms. The zero-order chi connectivity index (χ0) is 15.0. The highest BCUT2D eigenvalue weighted by atomic mass is 16.5. The maximum Gasteiger partial charge on any atom is 0.330 e. The van der Waals surface area contributed by atoms with Gasteiger partial charge in [-0.2, -0.15) is 0 Å². The van der Waals surface area contributed by atoms with Gasteiger partial charge in [0.25, 0.3) is 0 Å². The Balaban J connectivity index is 2.73. The molecule has 20 heavy (non-hydrogen) atoms. The van der Waals surface area contributed by atoms with Crippen molar-refractivity contribution >= 4 is 5.97 Å². The lowest BCUT2D eigenvalue weighted by Crippen LogP contribution is -2.46. The predicted molar refractivity (Wildman–Crippen MR) is 79.3 cm³/mol. The molecule has 1 aromatic rings. The van der Waals surface area contributed by atoms with Crippen LogP contribution in [-0.2, 0) is 19.8 Å². The maximum absolute atomic E-state index is 12.0. The first-order valence-corrected chi connectivity index (χ1v) is 7.09. The molecule has 0 saturated carbocycles. The lowest BCUT2D eigenvalue weighted by atomic mass is 9.88. The SMILES string of the molecule is CCCC(C)OCCC(N)(C(=O)OC)c1ccccc1. The van der Waals surface area contributed by atoms with Gasteiger partial charge in [-0.15, -0.1) is 0 Å². The highest BCUT2D eigenvalue weighted by Gasteiger charge is 2.36. The summed E-state index contributed by atoms with van der Waals surface area (Å²) in [6, 6.07) is 9.29. The number of hydrogen-bond donors (Lipinski definition) is 1. The molecule has 0 aliphatic rings. The summed E-state index contributed by atoms with van der Waals surface area (Å²) in [4.78, 5) is 12.0. The quantitative estimate of drug-likeness (QED) is 0.743. The summed E-state index contributed by atoms with van der Waals surface area (Å²) in [5.74, 6) is -0.435. The molecule has 0 saturated heterocycles. The molecule has 0 aromatic heterocycles. The van der Waals surface area contributed by atoms with Crippen LogP contribution < -0.4 is 5.73 Å². The Hall–Kier alpha value is -1.39. The van der Waals surface area contributed by atoms with E-state index in [0.717, 1.165) is 18.4 Å². The van der Waals surface area contributed by atoms with Crippen LogP contribution in [0, 0.1) is 0 Å². The Bertz CT molecular complexity index is 407. The van der Waals surface area contributed by atoms with E-state index in [-0.39, 0.29) is 6.10 Å². The molecule has 0 aliphatic carbocycles. The van der Waals surface area contributed by atoms with Gasteiger partial charge in [-0.25, -0.2) is 4.79 Å². The third kappa shape index (κ3) is 4.32. The first-order valence-electron chi connectivity index (χ1n) is 7.09. The zero-order valence-corrected chi connectivity index (χ0v) is 12.6. The van der Waals surface area contributed by atoms with Gasteiger partial charge >= 0.3 is 5.97 Å². The largest absolute Gasteiger partial charge is 0.467 e. The standard InChI is InChI=1S/C16H25NO3/c1-4-8-13(2)20-12-11-16(17,15(18)19-3)14-9-6-5-7-10-14/h5-7,9-10,13H,4,8,11-12,17H2,1-3H3. The van der Waals surface area contributed by atoms with Crippen LogP contribution in [-0.4, -0.2) is 25.8 Å². The summed E-state index contributed by atoms with van der Waals surface area (Å²) in [6.07, 6.45) is 2.65. The molecule has 0 amide bonds. The van der Waals surface area contributed by atoms with E-state index in [9.17, 15) is 4.79 Å². The molecule has 2 N–H and O–H groups in total. The predicted octanol–water partition coefficient (Wildman–Crippen LogP) is 2.61. The number of methoxy groups -OCH3 is 1. The smallest absolute Gasteiger partial charge is 0.330 e. The van der Waals surface area contributed by atoms with Gasteiger partial charge in [0.05, 0.1) is 13.2 Å². The molecule has 1 rings (SSSR count). The number of benzene rings is 1. The van der Waals surface area contributed by atoms with Gasteiger partial charge in [0.1, 0.15) is 5.54 Å². The van der Waals surface area contributed by atoms with Crippen LogP contribution in [0.1, 0.15) is 38.7 Å². The van der Waals surface area contributed by atoms with Crippen molar-refractivity contribution in [2.45, 2.75) is 44.8 Å². The molecular weight excluding hydrogens is 254 g/mol. The number of carbonyl (C=O) groups excluding carboxylic acids is 1. The van der Waals surface area contributed by atoms with E-state index in [4.69, 9.17) is 15.2 Å². The lowest BCUT2D eigenvalue weighted by Gasteiger charge is -2.27. The van der Waals surface area contributed by atoms with Crippen LogP contribution in [0.4, 0.5) is 0 Å². The van der Waals surface area contributed by atoms with E-state index >= 15 is 0 Å². The molecule has 4 nitrogen and oxygen atoms in total. The average Bonchev–Trinajstić information content (AvgIpc) is 2.47. The minimum Gasteiger partial charge on any atom is -0.467 e. The number of ether oxygens (including phenoxy) is 2. The monoisotopic (exact) mass is 279 g/mol. The topological polar surface area (TPSA) is 61.5 Å². The van der Waals surface area contributed by atoms with Gasteiger partial charge in [-0.3, -0.25) is 0 Å². The number of carbonyl (C=O) groups is 1. The van der Waals surface area contributed by atoms with Crippen LogP contribution >= 0.6 is 0 Å². The Morgan fingerprint density at radius 3 is 2.55 bits per heavy atom. The highest BCUT2D eigenvalue weighted by molar-refractivity contribution is 5.82. The Morgan fingerprint density at radius 1 is 1.35 bits per heavy atom. The second kappa shape index (κ2) is 8.02. The first kappa shape index (κ1) is 16.7. The molecule has 0 heterocycles. The van der Waals surface area contributed by atoms with Crippen molar-refractivity contribution in [1.82, 2.24) is 0 Å². The summed E-state index contributed by atoms with van der Waals surface area (Å²) < 4.78 is 10.6. The number of hydrogen-bond acceptors (Lipinski definition) is 4.